The Balaban J connectivity index is 3.31. The largest absolute Gasteiger partial charge is 0.467 e. The molecule has 0 radical (unpaired) electrons. The van der Waals surface area contributed by atoms with E-state index in [1.807, 2.05) is 27.7 Å². The van der Waals surface area contributed by atoms with E-state index in [0.29, 0.717) is 49.0 Å². The van der Waals surface area contributed by atoms with Crippen LogP contribution in [0.5, 0.6) is 11.5 Å². The van der Waals surface area contributed by atoms with Crippen LogP contribution in [0.15, 0.2) is 24.3 Å². The Morgan fingerprint density at radius 3 is 2.36 bits per heavy atom. The molecule has 0 unspecified atom stereocenters. The maximum atomic E-state index is 12.7. The van der Waals surface area contributed by atoms with Crippen LogP contribution in [0.25, 0.3) is 0 Å². The molecule has 0 heterocycles. The second-order valence-electron chi connectivity index (χ2n) is 5.80. The number of hydrogen-bond acceptors (Lipinski definition) is 7. The average molecular weight is 393 g/mol. The minimum atomic E-state index is -0.493. The van der Waals surface area contributed by atoms with Crippen molar-refractivity contribution in [2.45, 2.75) is 40.5 Å². The number of nitrogens with one attached hydrogen (secondary N) is 1. The first-order chi connectivity index (χ1) is 13.6. The van der Waals surface area contributed by atoms with Gasteiger partial charge in [0.2, 0.25) is 0 Å². The van der Waals surface area contributed by atoms with Gasteiger partial charge in [-0.1, -0.05) is 13.0 Å². The van der Waals surface area contributed by atoms with Crippen molar-refractivity contribution in [1.29, 1.82) is 5.41 Å². The summed E-state index contributed by atoms with van der Waals surface area (Å²) in [5.74, 6) is 0.287. The molecular weight excluding hydrogens is 362 g/mol. The molecule has 1 aromatic carbocycles. The fraction of sp³-hybridized carbons (Fsp3) is 0.524. The summed E-state index contributed by atoms with van der Waals surface area (Å²) >= 11 is 0. The van der Waals surface area contributed by atoms with Crippen LogP contribution in [0.3, 0.4) is 0 Å². The summed E-state index contributed by atoms with van der Waals surface area (Å²) in [5.41, 5.74) is 1.22. The SMILES string of the molecule is C/C=C/C(=N)Cc1cc(OCOCC)cc(OCOCC)c1C(=O)OCCC. The monoisotopic (exact) mass is 393 g/mol. The fourth-order valence-electron chi connectivity index (χ4n) is 2.33. The van der Waals surface area contributed by atoms with Crippen LogP contribution in [0, 0.1) is 5.41 Å². The highest BCUT2D eigenvalue weighted by Gasteiger charge is 2.22. The summed E-state index contributed by atoms with van der Waals surface area (Å²) in [7, 11) is 0. The lowest BCUT2D eigenvalue weighted by Gasteiger charge is -2.17. The molecule has 7 nitrogen and oxygen atoms in total. The van der Waals surface area contributed by atoms with Crippen LogP contribution in [0.1, 0.15) is 50.0 Å². The molecule has 0 aliphatic carbocycles. The van der Waals surface area contributed by atoms with Crippen LogP contribution >= 0.6 is 0 Å². The van der Waals surface area contributed by atoms with Crippen molar-refractivity contribution in [2.24, 2.45) is 0 Å². The van der Waals surface area contributed by atoms with Crippen LogP contribution in [-0.4, -0.2) is 45.1 Å². The van der Waals surface area contributed by atoms with E-state index in [4.69, 9.17) is 29.1 Å². The van der Waals surface area contributed by atoms with Crippen molar-refractivity contribution in [1.82, 2.24) is 0 Å². The van der Waals surface area contributed by atoms with Crippen molar-refractivity contribution in [3.05, 3.63) is 35.4 Å². The molecule has 0 atom stereocenters. The Morgan fingerprint density at radius 1 is 1.07 bits per heavy atom. The predicted octanol–water partition coefficient (Wildman–Crippen LogP) is 4.14. The van der Waals surface area contributed by atoms with Gasteiger partial charge >= 0.3 is 5.97 Å². The van der Waals surface area contributed by atoms with Gasteiger partial charge in [0.15, 0.2) is 13.6 Å². The lowest BCUT2D eigenvalue weighted by molar-refractivity contribution is 0.0170. The molecule has 0 saturated heterocycles. The van der Waals surface area contributed by atoms with Crippen molar-refractivity contribution in [2.75, 3.05) is 33.4 Å². The van der Waals surface area contributed by atoms with Gasteiger partial charge in [-0.05, 0) is 44.9 Å². The summed E-state index contributed by atoms with van der Waals surface area (Å²) in [4.78, 5) is 12.7. The minimum Gasteiger partial charge on any atom is -0.467 e. The molecule has 28 heavy (non-hydrogen) atoms. The van der Waals surface area contributed by atoms with Gasteiger partial charge in [-0.3, -0.25) is 0 Å². The minimum absolute atomic E-state index is 0.00871. The molecule has 1 rings (SSSR count). The highest BCUT2D eigenvalue weighted by Crippen LogP contribution is 2.31. The normalized spacial score (nSPS) is 10.9. The zero-order valence-corrected chi connectivity index (χ0v) is 17.2. The first kappa shape index (κ1) is 23.7. The topological polar surface area (TPSA) is 87.1 Å². The van der Waals surface area contributed by atoms with Crippen molar-refractivity contribution in [3.8, 4) is 11.5 Å². The van der Waals surface area contributed by atoms with Crippen molar-refractivity contribution < 1.29 is 28.5 Å². The van der Waals surface area contributed by atoms with Gasteiger partial charge in [-0.2, -0.15) is 0 Å². The number of benzene rings is 1. The van der Waals surface area contributed by atoms with Crippen LogP contribution in [-0.2, 0) is 20.6 Å². The molecule has 0 aliphatic rings. The lowest BCUT2D eigenvalue weighted by atomic mass is 10.00. The summed E-state index contributed by atoms with van der Waals surface area (Å²) in [5, 5.41) is 8.11. The van der Waals surface area contributed by atoms with Crippen LogP contribution < -0.4 is 9.47 Å². The van der Waals surface area contributed by atoms with Crippen molar-refractivity contribution in [3.63, 3.8) is 0 Å². The lowest BCUT2D eigenvalue weighted by Crippen LogP contribution is -2.15. The Morgan fingerprint density at radius 2 is 1.75 bits per heavy atom. The molecule has 156 valence electrons. The van der Waals surface area contributed by atoms with E-state index >= 15 is 0 Å². The second-order valence-corrected chi connectivity index (χ2v) is 5.80. The first-order valence-electron chi connectivity index (χ1n) is 9.52. The molecular formula is C21H31NO6. The molecule has 0 bridgehead atoms. The second kappa shape index (κ2) is 13.7. The Kier molecular flexibility index (Phi) is 11.6. The van der Waals surface area contributed by atoms with Gasteiger partial charge < -0.3 is 29.1 Å². The number of allylic oxidation sites excluding steroid dienone is 2. The maximum absolute atomic E-state index is 12.7. The average Bonchev–Trinajstić information content (AvgIpc) is 2.66. The quantitative estimate of drug-likeness (QED) is 0.221. The third-order valence-corrected chi connectivity index (χ3v) is 3.56. The van der Waals surface area contributed by atoms with E-state index < -0.39 is 5.97 Å². The van der Waals surface area contributed by atoms with Gasteiger partial charge in [0, 0.05) is 31.4 Å². The van der Waals surface area contributed by atoms with Crippen LogP contribution in [0.4, 0.5) is 0 Å². The molecule has 0 aromatic heterocycles. The van der Waals surface area contributed by atoms with E-state index in [1.165, 1.54) is 0 Å². The molecule has 1 aromatic rings. The highest BCUT2D eigenvalue weighted by atomic mass is 16.7. The predicted molar refractivity (Wildman–Crippen MR) is 108 cm³/mol. The molecule has 7 heteroatoms. The van der Waals surface area contributed by atoms with Gasteiger partial charge in [0.1, 0.15) is 17.1 Å². The Bertz CT molecular complexity index is 657. The smallest absolute Gasteiger partial charge is 0.342 e. The molecule has 0 amide bonds. The van der Waals surface area contributed by atoms with E-state index in [9.17, 15) is 4.79 Å². The molecule has 0 fully saturated rings. The number of carbonyl (C=O) groups is 1. The Hall–Kier alpha value is -2.38. The third-order valence-electron chi connectivity index (χ3n) is 3.56. The fourth-order valence-corrected chi connectivity index (χ4v) is 2.33. The molecule has 1 N–H and O–H groups in total. The van der Waals surface area contributed by atoms with E-state index in [2.05, 4.69) is 0 Å². The Labute approximate surface area is 167 Å². The van der Waals surface area contributed by atoms with Gasteiger partial charge in [-0.15, -0.1) is 0 Å². The number of esters is 1. The summed E-state index contributed by atoms with van der Waals surface area (Å²) < 4.78 is 27.1. The van der Waals surface area contributed by atoms with Gasteiger partial charge in [0.05, 0.1) is 6.61 Å². The zero-order valence-electron chi connectivity index (χ0n) is 17.2. The summed E-state index contributed by atoms with van der Waals surface area (Å²) in [6, 6.07) is 3.33. The summed E-state index contributed by atoms with van der Waals surface area (Å²) in [6.07, 6.45) is 4.40. The van der Waals surface area contributed by atoms with Crippen molar-refractivity contribution >= 4 is 11.7 Å². The molecule has 0 spiro atoms. The van der Waals surface area contributed by atoms with Gasteiger partial charge in [0.25, 0.3) is 0 Å². The molecule has 0 saturated carbocycles. The number of carbonyl (C=O) groups excluding carboxylic acids is 1. The van der Waals surface area contributed by atoms with Crippen LogP contribution in [0.2, 0.25) is 0 Å². The molecule has 0 aliphatic heterocycles. The number of ether oxygens (including phenoxy) is 5. The maximum Gasteiger partial charge on any atom is 0.342 e. The zero-order chi connectivity index (χ0) is 20.8. The van der Waals surface area contributed by atoms with E-state index in [0.717, 1.165) is 0 Å². The standard InChI is InChI=1S/C21H31NO6/c1-5-9-17(22)11-16-12-18(27-14-24-7-3)13-19(28-15-25-8-4)20(16)21(23)26-10-6-2/h5,9,12-13,22H,6-8,10-11,14-15H2,1-4H3/b9-5+,22-17?. The number of rotatable bonds is 14. The number of hydrogen-bond donors (Lipinski definition) is 1. The third kappa shape index (κ3) is 8.10. The first-order valence-corrected chi connectivity index (χ1v) is 9.52. The van der Waals surface area contributed by atoms with E-state index in [1.54, 1.807) is 24.3 Å². The van der Waals surface area contributed by atoms with Gasteiger partial charge in [-0.25, -0.2) is 4.79 Å². The van der Waals surface area contributed by atoms with E-state index in [-0.39, 0.29) is 25.6 Å². The summed E-state index contributed by atoms with van der Waals surface area (Å²) in [6.45, 7) is 8.86. The highest BCUT2D eigenvalue weighted by molar-refractivity contribution is 5.99.